The highest BCUT2D eigenvalue weighted by Crippen LogP contribution is 2.26. The van der Waals surface area contributed by atoms with Gasteiger partial charge in [0, 0.05) is 17.3 Å². The van der Waals surface area contributed by atoms with Gasteiger partial charge in [0.25, 0.3) is 0 Å². The summed E-state index contributed by atoms with van der Waals surface area (Å²) in [6.45, 7) is 1.86. The SMILES string of the molecule is COc1ccc(/C=C/C(=O)NC(=S)Nc2ccc(-c3nn4c(C)nnc4s3)cc2)cc1. The van der Waals surface area contributed by atoms with Crippen molar-refractivity contribution in [2.24, 2.45) is 0 Å². The summed E-state index contributed by atoms with van der Waals surface area (Å²) in [5, 5.41) is 19.3. The fourth-order valence-corrected chi connectivity index (χ4v) is 3.84. The summed E-state index contributed by atoms with van der Waals surface area (Å²) in [4.78, 5) is 12.8. The Morgan fingerprint density at radius 1 is 1.13 bits per heavy atom. The number of amides is 1. The van der Waals surface area contributed by atoms with Crippen molar-refractivity contribution in [1.29, 1.82) is 0 Å². The van der Waals surface area contributed by atoms with Crippen LogP contribution in [0, 0.1) is 6.92 Å². The van der Waals surface area contributed by atoms with Gasteiger partial charge in [0.15, 0.2) is 10.9 Å². The van der Waals surface area contributed by atoms with E-state index in [0.717, 1.165) is 38.4 Å². The molecule has 0 fully saturated rings. The lowest BCUT2D eigenvalue weighted by molar-refractivity contribution is -0.115. The summed E-state index contributed by atoms with van der Waals surface area (Å²) in [6, 6.07) is 15.0. The van der Waals surface area contributed by atoms with Gasteiger partial charge in [0.1, 0.15) is 10.8 Å². The first kappa shape index (κ1) is 20.6. The normalized spacial score (nSPS) is 11.0. The van der Waals surface area contributed by atoms with Gasteiger partial charge in [-0.1, -0.05) is 23.5 Å². The first-order chi connectivity index (χ1) is 15.0. The first-order valence-electron chi connectivity index (χ1n) is 9.25. The monoisotopic (exact) mass is 450 g/mol. The number of carbonyl (C=O) groups is 1. The van der Waals surface area contributed by atoms with Crippen molar-refractivity contribution in [2.45, 2.75) is 6.92 Å². The molecule has 31 heavy (non-hydrogen) atoms. The molecule has 0 atom stereocenters. The number of aromatic nitrogens is 4. The summed E-state index contributed by atoms with van der Waals surface area (Å²) in [6.07, 6.45) is 3.13. The zero-order valence-corrected chi connectivity index (χ0v) is 18.3. The molecule has 156 valence electrons. The Balaban J connectivity index is 1.33. The van der Waals surface area contributed by atoms with Crippen LogP contribution in [0.2, 0.25) is 0 Å². The number of hydrogen-bond donors (Lipinski definition) is 2. The fraction of sp³-hybridized carbons (Fsp3) is 0.0952. The van der Waals surface area contributed by atoms with Crippen LogP contribution in [-0.4, -0.2) is 37.9 Å². The summed E-state index contributed by atoms with van der Waals surface area (Å²) in [5.41, 5.74) is 2.59. The van der Waals surface area contributed by atoms with Crippen LogP contribution in [0.1, 0.15) is 11.4 Å². The van der Waals surface area contributed by atoms with E-state index < -0.39 is 0 Å². The lowest BCUT2D eigenvalue weighted by atomic mass is 10.2. The average Bonchev–Trinajstić information content (AvgIpc) is 3.35. The minimum Gasteiger partial charge on any atom is -0.497 e. The number of anilines is 1. The molecule has 0 radical (unpaired) electrons. The van der Waals surface area contributed by atoms with E-state index in [1.807, 2.05) is 55.5 Å². The molecule has 2 aromatic carbocycles. The topological polar surface area (TPSA) is 93.4 Å². The maximum absolute atomic E-state index is 12.1. The highest BCUT2D eigenvalue weighted by atomic mass is 32.1. The number of ether oxygens (including phenoxy) is 1. The number of nitrogens with one attached hydrogen (secondary N) is 2. The number of fused-ring (bicyclic) bond motifs is 1. The number of benzene rings is 2. The third kappa shape index (κ3) is 4.93. The molecule has 2 N–H and O–H groups in total. The van der Waals surface area contributed by atoms with Crippen molar-refractivity contribution >= 4 is 51.3 Å². The minimum atomic E-state index is -0.319. The molecule has 0 unspecified atom stereocenters. The maximum Gasteiger partial charge on any atom is 0.250 e. The second-order valence-corrected chi connectivity index (χ2v) is 7.84. The van der Waals surface area contributed by atoms with Gasteiger partial charge in [-0.25, -0.2) is 0 Å². The Labute approximate surface area is 187 Å². The van der Waals surface area contributed by atoms with Crippen molar-refractivity contribution in [3.8, 4) is 16.3 Å². The fourth-order valence-electron chi connectivity index (χ4n) is 2.73. The second-order valence-electron chi connectivity index (χ2n) is 6.48. The van der Waals surface area contributed by atoms with Crippen LogP contribution in [-0.2, 0) is 4.79 Å². The van der Waals surface area contributed by atoms with E-state index in [4.69, 9.17) is 17.0 Å². The predicted octanol–water partition coefficient (Wildman–Crippen LogP) is 3.70. The number of methoxy groups -OCH3 is 1. The molecule has 4 aromatic rings. The number of aryl methyl sites for hydroxylation is 1. The number of nitrogens with zero attached hydrogens (tertiary/aromatic N) is 4. The van der Waals surface area contributed by atoms with Crippen LogP contribution < -0.4 is 15.4 Å². The van der Waals surface area contributed by atoms with Crippen molar-refractivity contribution < 1.29 is 9.53 Å². The van der Waals surface area contributed by atoms with Crippen LogP contribution in [0.15, 0.2) is 54.6 Å². The molecule has 0 spiro atoms. The van der Waals surface area contributed by atoms with Gasteiger partial charge in [0.05, 0.1) is 7.11 Å². The maximum atomic E-state index is 12.1. The van der Waals surface area contributed by atoms with Gasteiger partial charge in [0.2, 0.25) is 10.9 Å². The zero-order chi connectivity index (χ0) is 21.8. The Morgan fingerprint density at radius 2 is 1.87 bits per heavy atom. The highest BCUT2D eigenvalue weighted by Gasteiger charge is 2.10. The predicted molar refractivity (Wildman–Crippen MR) is 125 cm³/mol. The molecule has 10 heteroatoms. The highest BCUT2D eigenvalue weighted by molar-refractivity contribution is 7.80. The number of thiocarbonyl (C=S) groups is 1. The van der Waals surface area contributed by atoms with Gasteiger partial charge >= 0.3 is 0 Å². The third-order valence-corrected chi connectivity index (χ3v) is 5.47. The Morgan fingerprint density at radius 3 is 2.55 bits per heavy atom. The zero-order valence-electron chi connectivity index (χ0n) is 16.7. The van der Waals surface area contributed by atoms with Gasteiger partial charge in [-0.3, -0.25) is 10.1 Å². The molecule has 0 bridgehead atoms. The van der Waals surface area contributed by atoms with Crippen molar-refractivity contribution in [3.05, 3.63) is 66.0 Å². The first-order valence-corrected chi connectivity index (χ1v) is 10.5. The smallest absolute Gasteiger partial charge is 0.250 e. The second kappa shape index (κ2) is 9.02. The Kier molecular flexibility index (Phi) is 6.01. The van der Waals surface area contributed by atoms with Crippen LogP contribution >= 0.6 is 23.6 Å². The number of hydrogen-bond acceptors (Lipinski definition) is 7. The summed E-state index contributed by atoms with van der Waals surface area (Å²) in [7, 11) is 1.61. The molecule has 0 saturated carbocycles. The number of rotatable bonds is 5. The van der Waals surface area contributed by atoms with Crippen molar-refractivity contribution in [3.63, 3.8) is 0 Å². The van der Waals surface area contributed by atoms with Gasteiger partial charge in [-0.15, -0.1) is 10.2 Å². The molecule has 0 aliphatic heterocycles. The molecule has 1 amide bonds. The summed E-state index contributed by atoms with van der Waals surface area (Å²) >= 11 is 6.69. The third-order valence-electron chi connectivity index (χ3n) is 4.32. The minimum absolute atomic E-state index is 0.214. The lowest BCUT2D eigenvalue weighted by Crippen LogP contribution is -2.32. The molecule has 0 aliphatic rings. The van der Waals surface area contributed by atoms with Crippen LogP contribution in [0.25, 0.3) is 21.6 Å². The molecule has 2 aromatic heterocycles. The van der Waals surface area contributed by atoms with Crippen LogP contribution in [0.5, 0.6) is 5.75 Å². The van der Waals surface area contributed by atoms with Gasteiger partial charge in [-0.05, 0) is 67.2 Å². The molecule has 8 nitrogen and oxygen atoms in total. The molecular formula is C21H18N6O2S2. The largest absolute Gasteiger partial charge is 0.497 e. The summed E-state index contributed by atoms with van der Waals surface area (Å²) in [5.74, 6) is 1.19. The Bertz CT molecular complexity index is 1260. The molecular weight excluding hydrogens is 432 g/mol. The van der Waals surface area contributed by atoms with E-state index in [1.165, 1.54) is 17.4 Å². The van der Waals surface area contributed by atoms with E-state index in [0.29, 0.717) is 0 Å². The quantitative estimate of drug-likeness (QED) is 0.354. The van der Waals surface area contributed by atoms with E-state index >= 15 is 0 Å². The van der Waals surface area contributed by atoms with E-state index in [2.05, 4.69) is 25.9 Å². The lowest BCUT2D eigenvalue weighted by Gasteiger charge is -2.08. The molecule has 2 heterocycles. The van der Waals surface area contributed by atoms with E-state index in [1.54, 1.807) is 17.7 Å². The average molecular weight is 451 g/mol. The molecule has 0 saturated heterocycles. The van der Waals surface area contributed by atoms with Crippen molar-refractivity contribution in [1.82, 2.24) is 25.1 Å². The van der Waals surface area contributed by atoms with Crippen molar-refractivity contribution in [2.75, 3.05) is 12.4 Å². The van der Waals surface area contributed by atoms with Crippen LogP contribution in [0.4, 0.5) is 5.69 Å². The molecule has 0 aliphatic carbocycles. The molecule has 4 rings (SSSR count). The van der Waals surface area contributed by atoms with E-state index in [9.17, 15) is 4.79 Å². The van der Waals surface area contributed by atoms with Gasteiger partial charge < -0.3 is 10.1 Å². The number of carbonyl (C=O) groups excluding carboxylic acids is 1. The van der Waals surface area contributed by atoms with E-state index in [-0.39, 0.29) is 11.0 Å². The van der Waals surface area contributed by atoms with Crippen LogP contribution in [0.3, 0.4) is 0 Å². The van der Waals surface area contributed by atoms with Gasteiger partial charge in [-0.2, -0.15) is 9.61 Å². The summed E-state index contributed by atoms with van der Waals surface area (Å²) < 4.78 is 6.83. The standard InChI is InChI=1S/C21H18N6O2S2/c1-13-24-25-21-27(13)26-19(31-21)15-6-8-16(9-7-15)22-20(30)23-18(28)12-5-14-3-10-17(29-2)11-4-14/h3-12H,1-2H3,(H2,22,23,28,30)/b12-5+. The Hall–Kier alpha value is -3.63.